The van der Waals surface area contributed by atoms with Gasteiger partial charge in [-0.1, -0.05) is 24.6 Å². The lowest BCUT2D eigenvalue weighted by molar-refractivity contribution is -0.149. The zero-order valence-corrected chi connectivity index (χ0v) is 16.3. The highest BCUT2D eigenvalue weighted by Crippen LogP contribution is 2.40. The quantitative estimate of drug-likeness (QED) is 0.233. The molecule has 1 aromatic carbocycles. The van der Waals surface area contributed by atoms with Gasteiger partial charge in [0.05, 0.1) is 23.2 Å². The summed E-state index contributed by atoms with van der Waals surface area (Å²) in [6.45, 7) is 4.17. The minimum absolute atomic E-state index is 0.0826. The van der Waals surface area contributed by atoms with Crippen molar-refractivity contribution in [2.45, 2.75) is 45.4 Å². The molecule has 0 heterocycles. The third-order valence-corrected chi connectivity index (χ3v) is 5.50. The Morgan fingerprint density at radius 2 is 1.89 bits per heavy atom. The Balaban J connectivity index is 1.96. The first-order valence-electron chi connectivity index (χ1n) is 9.15. The number of ether oxygens (including phenoxy) is 1. The third-order valence-electron chi connectivity index (χ3n) is 5.19. The summed E-state index contributed by atoms with van der Waals surface area (Å²) in [5, 5.41) is 2.79. The number of nitrogens with one attached hydrogen (secondary N) is 2. The number of amides is 2. The van der Waals surface area contributed by atoms with E-state index in [-0.39, 0.29) is 11.9 Å². The fourth-order valence-electron chi connectivity index (χ4n) is 3.55. The summed E-state index contributed by atoms with van der Waals surface area (Å²) < 4.78 is 5.13. The van der Waals surface area contributed by atoms with Gasteiger partial charge < -0.3 is 10.1 Å². The predicted molar refractivity (Wildman–Crippen MR) is 103 cm³/mol. The molecule has 4 N–H and O–H groups in total. The lowest BCUT2D eigenvalue weighted by atomic mass is 9.74. The highest BCUT2D eigenvalue weighted by molar-refractivity contribution is 6.41. The Kier molecular flexibility index (Phi) is 7.62. The van der Waals surface area contributed by atoms with Gasteiger partial charge in [0.25, 0.3) is 0 Å². The summed E-state index contributed by atoms with van der Waals surface area (Å²) in [5.74, 6) is 3.60. The summed E-state index contributed by atoms with van der Waals surface area (Å²) in [4.78, 5) is 34.7. The van der Waals surface area contributed by atoms with Crippen molar-refractivity contribution in [2.24, 2.45) is 17.7 Å². The van der Waals surface area contributed by atoms with E-state index in [0.717, 1.165) is 31.2 Å². The number of rotatable bonds is 5. The van der Waals surface area contributed by atoms with E-state index in [9.17, 15) is 14.4 Å². The van der Waals surface area contributed by atoms with Gasteiger partial charge in [0, 0.05) is 0 Å². The maximum atomic E-state index is 11.9. The van der Waals surface area contributed by atoms with Gasteiger partial charge >= 0.3 is 17.8 Å². The average Bonchev–Trinajstić information content (AvgIpc) is 2.68. The van der Waals surface area contributed by atoms with E-state index in [1.165, 1.54) is 0 Å². The normalized spacial score (nSPS) is 20.4. The molecule has 27 heavy (non-hydrogen) atoms. The van der Waals surface area contributed by atoms with E-state index < -0.39 is 11.8 Å². The summed E-state index contributed by atoms with van der Waals surface area (Å²) in [6.07, 6.45) is 3.84. The molecule has 1 saturated carbocycles. The number of benzene rings is 1. The number of hydrogen-bond acceptors (Lipinski definition) is 5. The largest absolute Gasteiger partial charge is 0.466 e. The molecule has 148 valence electrons. The van der Waals surface area contributed by atoms with Crippen molar-refractivity contribution in [2.75, 3.05) is 11.9 Å². The molecule has 7 nitrogen and oxygen atoms in total. The molecule has 0 aliphatic heterocycles. The maximum Gasteiger partial charge on any atom is 0.323 e. The number of halogens is 1. The fourth-order valence-corrected chi connectivity index (χ4v) is 3.79. The molecule has 0 aromatic heterocycles. The van der Waals surface area contributed by atoms with Gasteiger partial charge in [-0.05, 0) is 62.1 Å². The summed E-state index contributed by atoms with van der Waals surface area (Å²) in [5.41, 5.74) is 3.22. The fraction of sp³-hybridized carbons (Fsp3) is 0.526. The first-order valence-corrected chi connectivity index (χ1v) is 9.53. The molecule has 8 heteroatoms. The van der Waals surface area contributed by atoms with Gasteiger partial charge in [0.2, 0.25) is 0 Å². The molecule has 2 rings (SSSR count). The molecule has 0 radical (unpaired) electrons. The Morgan fingerprint density at radius 3 is 2.44 bits per heavy atom. The number of anilines is 1. The van der Waals surface area contributed by atoms with E-state index >= 15 is 0 Å². The summed E-state index contributed by atoms with van der Waals surface area (Å²) in [7, 11) is 0. The van der Waals surface area contributed by atoms with E-state index in [0.29, 0.717) is 29.2 Å². The van der Waals surface area contributed by atoms with Crippen LogP contribution in [0.1, 0.15) is 51.0 Å². The molecule has 0 saturated heterocycles. The highest BCUT2D eigenvalue weighted by Gasteiger charge is 2.30. The first kappa shape index (κ1) is 21.2. The SMILES string of the molecule is CCOC(=O)C(C)C1CCC(c2ccc(NC(=O)C(=O)NN)c(Cl)c2)CC1. The van der Waals surface area contributed by atoms with Crippen molar-refractivity contribution in [1.82, 2.24) is 5.43 Å². The predicted octanol–water partition coefficient (Wildman–Crippen LogP) is 2.74. The molecule has 0 bridgehead atoms. The van der Waals surface area contributed by atoms with Crippen LogP contribution < -0.4 is 16.6 Å². The average molecular weight is 396 g/mol. The van der Waals surface area contributed by atoms with E-state index in [2.05, 4.69) is 5.32 Å². The number of esters is 1. The van der Waals surface area contributed by atoms with Crippen LogP contribution in [0.4, 0.5) is 5.69 Å². The minimum Gasteiger partial charge on any atom is -0.466 e. The molecule has 1 aromatic rings. The molecule has 1 unspecified atom stereocenters. The molecule has 1 aliphatic rings. The van der Waals surface area contributed by atoms with Crippen molar-refractivity contribution in [3.8, 4) is 0 Å². The zero-order valence-electron chi connectivity index (χ0n) is 15.6. The van der Waals surface area contributed by atoms with Crippen LogP contribution in [0.5, 0.6) is 0 Å². The van der Waals surface area contributed by atoms with E-state index in [1.54, 1.807) is 11.5 Å². The summed E-state index contributed by atoms with van der Waals surface area (Å²) in [6, 6.07) is 5.41. The molecule has 2 amide bonds. The molecule has 1 atom stereocenters. The molecule has 1 aliphatic carbocycles. The lowest BCUT2D eigenvalue weighted by Crippen LogP contribution is -2.39. The van der Waals surface area contributed by atoms with Crippen molar-refractivity contribution in [3.05, 3.63) is 28.8 Å². The monoisotopic (exact) mass is 395 g/mol. The van der Waals surface area contributed by atoms with Crippen LogP contribution >= 0.6 is 11.6 Å². The van der Waals surface area contributed by atoms with Gasteiger partial charge in [-0.15, -0.1) is 0 Å². The molecular weight excluding hydrogens is 370 g/mol. The lowest BCUT2D eigenvalue weighted by Gasteiger charge is -2.31. The van der Waals surface area contributed by atoms with Crippen molar-refractivity contribution < 1.29 is 19.1 Å². The molecular formula is C19H26ClN3O4. The smallest absolute Gasteiger partial charge is 0.323 e. The van der Waals surface area contributed by atoms with Gasteiger partial charge in [0.15, 0.2) is 0 Å². The standard InChI is InChI=1S/C19H26ClN3O4/c1-3-27-19(26)11(2)12-4-6-13(7-5-12)14-8-9-16(15(20)10-14)22-17(24)18(25)23-21/h8-13H,3-7,21H2,1-2H3,(H,22,24)(H,23,25). The first-order chi connectivity index (χ1) is 12.9. The van der Waals surface area contributed by atoms with E-state index in [1.807, 2.05) is 26.0 Å². The topological polar surface area (TPSA) is 111 Å². The summed E-state index contributed by atoms with van der Waals surface area (Å²) >= 11 is 6.26. The van der Waals surface area contributed by atoms with Crippen LogP contribution in [0, 0.1) is 11.8 Å². The van der Waals surface area contributed by atoms with Crippen LogP contribution in [0.2, 0.25) is 5.02 Å². The second-order valence-corrected chi connectivity index (χ2v) is 7.23. The van der Waals surface area contributed by atoms with Crippen LogP contribution in [0.3, 0.4) is 0 Å². The van der Waals surface area contributed by atoms with Crippen molar-refractivity contribution in [3.63, 3.8) is 0 Å². The maximum absolute atomic E-state index is 11.9. The van der Waals surface area contributed by atoms with Gasteiger partial charge in [-0.3, -0.25) is 19.8 Å². The van der Waals surface area contributed by atoms with Crippen LogP contribution in [0.15, 0.2) is 18.2 Å². The van der Waals surface area contributed by atoms with Gasteiger partial charge in [-0.25, -0.2) is 5.84 Å². The number of hydrogen-bond donors (Lipinski definition) is 3. The number of hydrazine groups is 1. The van der Waals surface area contributed by atoms with Crippen LogP contribution in [-0.2, 0) is 19.1 Å². The molecule has 0 spiro atoms. The van der Waals surface area contributed by atoms with Crippen LogP contribution in [0.25, 0.3) is 0 Å². The highest BCUT2D eigenvalue weighted by atomic mass is 35.5. The zero-order chi connectivity index (χ0) is 20.0. The number of carbonyl (C=O) groups excluding carboxylic acids is 3. The minimum atomic E-state index is -0.941. The number of carbonyl (C=O) groups is 3. The van der Waals surface area contributed by atoms with E-state index in [4.69, 9.17) is 22.2 Å². The Morgan fingerprint density at radius 1 is 1.22 bits per heavy atom. The van der Waals surface area contributed by atoms with Crippen molar-refractivity contribution in [1.29, 1.82) is 0 Å². The molecule has 1 fully saturated rings. The third kappa shape index (κ3) is 5.43. The van der Waals surface area contributed by atoms with Crippen LogP contribution in [-0.4, -0.2) is 24.4 Å². The Labute approximate surface area is 163 Å². The second kappa shape index (κ2) is 9.71. The number of nitrogens with two attached hydrogens (primary N) is 1. The van der Waals surface area contributed by atoms with Crippen molar-refractivity contribution >= 4 is 35.1 Å². The van der Waals surface area contributed by atoms with Gasteiger partial charge in [-0.2, -0.15) is 0 Å². The Bertz CT molecular complexity index is 702. The Hall–Kier alpha value is -2.12. The second-order valence-electron chi connectivity index (χ2n) is 6.82. The van der Waals surface area contributed by atoms with Gasteiger partial charge in [0.1, 0.15) is 0 Å².